The van der Waals surface area contributed by atoms with Crippen molar-refractivity contribution in [2.45, 2.75) is 46.6 Å². The fourth-order valence-corrected chi connectivity index (χ4v) is 2.49. The average molecular weight is 315 g/mol. The van der Waals surface area contributed by atoms with Crippen molar-refractivity contribution in [3.05, 3.63) is 56.9 Å². The average Bonchev–Trinajstić information content (AvgIpc) is 2.72. The Morgan fingerprint density at radius 3 is 2.22 bits per heavy atom. The van der Waals surface area contributed by atoms with Crippen molar-refractivity contribution in [2.75, 3.05) is 0 Å². The molecule has 122 valence electrons. The molecule has 1 heterocycles. The molecule has 0 fully saturated rings. The lowest BCUT2D eigenvalue weighted by Gasteiger charge is -2.19. The summed E-state index contributed by atoms with van der Waals surface area (Å²) in [6, 6.07) is 7.47. The van der Waals surface area contributed by atoms with E-state index in [1.165, 1.54) is 4.68 Å². The molecular weight excluding hydrogens is 294 g/mol. The highest BCUT2D eigenvalue weighted by Crippen LogP contribution is 2.24. The Bertz CT molecular complexity index is 753. The van der Waals surface area contributed by atoms with Crippen molar-refractivity contribution in [3.63, 3.8) is 0 Å². The number of aromatic nitrogens is 2. The smallest absolute Gasteiger partial charge is 0.292 e. The van der Waals surface area contributed by atoms with Crippen molar-refractivity contribution in [1.82, 2.24) is 9.78 Å². The van der Waals surface area contributed by atoms with Crippen molar-refractivity contribution in [1.29, 1.82) is 0 Å². The lowest BCUT2D eigenvalue weighted by Crippen LogP contribution is -2.14. The Balaban J connectivity index is 2.23. The van der Waals surface area contributed by atoms with Crippen LogP contribution in [0.25, 0.3) is 0 Å². The van der Waals surface area contributed by atoms with Crippen LogP contribution in [0.5, 0.6) is 0 Å². The van der Waals surface area contributed by atoms with Gasteiger partial charge >= 0.3 is 5.69 Å². The Morgan fingerprint density at radius 1 is 1.22 bits per heavy atom. The zero-order valence-electron chi connectivity index (χ0n) is 14.1. The van der Waals surface area contributed by atoms with E-state index in [1.54, 1.807) is 26.0 Å². The van der Waals surface area contributed by atoms with Gasteiger partial charge in [0.05, 0.1) is 4.92 Å². The molecule has 0 bridgehead atoms. The van der Waals surface area contributed by atoms with Crippen molar-refractivity contribution in [2.24, 2.45) is 0 Å². The van der Waals surface area contributed by atoms with E-state index in [2.05, 4.69) is 25.9 Å². The van der Waals surface area contributed by atoms with E-state index in [9.17, 15) is 14.9 Å². The van der Waals surface area contributed by atoms with E-state index >= 15 is 0 Å². The maximum absolute atomic E-state index is 12.4. The molecule has 0 aliphatic rings. The fourth-order valence-electron chi connectivity index (χ4n) is 2.49. The van der Waals surface area contributed by atoms with Crippen molar-refractivity contribution >= 4 is 11.5 Å². The molecule has 0 radical (unpaired) electrons. The van der Waals surface area contributed by atoms with Gasteiger partial charge in [0.2, 0.25) is 0 Å². The van der Waals surface area contributed by atoms with Crippen LogP contribution in [0.15, 0.2) is 24.3 Å². The number of rotatable bonds is 4. The summed E-state index contributed by atoms with van der Waals surface area (Å²) in [4.78, 5) is 22.9. The molecule has 2 aromatic rings. The van der Waals surface area contributed by atoms with Gasteiger partial charge in [-0.1, -0.05) is 45.0 Å². The Hall–Kier alpha value is -2.50. The maximum Gasteiger partial charge on any atom is 0.312 e. The van der Waals surface area contributed by atoms with Crippen LogP contribution in [0, 0.1) is 24.0 Å². The minimum atomic E-state index is -0.462. The highest BCUT2D eigenvalue weighted by Gasteiger charge is 2.23. The van der Waals surface area contributed by atoms with Gasteiger partial charge in [0.25, 0.3) is 0 Å². The summed E-state index contributed by atoms with van der Waals surface area (Å²) in [6.07, 6.45) is 0. The standard InChI is InChI=1S/C17H21N3O3/c1-11-16(20(22)23)12(2)19(18-11)10-15(21)13-6-8-14(9-7-13)17(3,4)5/h6-9H,10H2,1-5H3. The van der Waals surface area contributed by atoms with Crippen molar-refractivity contribution in [3.8, 4) is 0 Å². The molecule has 0 saturated carbocycles. The van der Waals surface area contributed by atoms with Gasteiger partial charge in [-0.15, -0.1) is 0 Å². The predicted molar refractivity (Wildman–Crippen MR) is 87.8 cm³/mol. The van der Waals surface area contributed by atoms with Gasteiger partial charge < -0.3 is 0 Å². The summed E-state index contributed by atoms with van der Waals surface area (Å²) >= 11 is 0. The topological polar surface area (TPSA) is 78.0 Å². The van der Waals surface area contributed by atoms with Crippen LogP contribution in [0.1, 0.15) is 48.1 Å². The number of nitro groups is 1. The summed E-state index contributed by atoms with van der Waals surface area (Å²) in [7, 11) is 0. The monoisotopic (exact) mass is 315 g/mol. The molecule has 0 atom stereocenters. The molecule has 0 unspecified atom stereocenters. The van der Waals surface area contributed by atoms with E-state index in [1.807, 2.05) is 12.1 Å². The van der Waals surface area contributed by atoms with Crippen LogP contribution < -0.4 is 0 Å². The number of carbonyl (C=O) groups excluding carboxylic acids is 1. The number of hydrogen-bond donors (Lipinski definition) is 0. The first kappa shape index (κ1) is 16.9. The van der Waals surface area contributed by atoms with E-state index in [-0.39, 0.29) is 23.4 Å². The van der Waals surface area contributed by atoms with Gasteiger partial charge in [0, 0.05) is 5.56 Å². The van der Waals surface area contributed by atoms with Crippen LogP contribution in [0.4, 0.5) is 5.69 Å². The van der Waals surface area contributed by atoms with Crippen LogP contribution in [-0.4, -0.2) is 20.5 Å². The van der Waals surface area contributed by atoms with Gasteiger partial charge in [-0.25, -0.2) is 0 Å². The summed E-state index contributed by atoms with van der Waals surface area (Å²) in [5.41, 5.74) is 2.44. The van der Waals surface area contributed by atoms with E-state index in [4.69, 9.17) is 0 Å². The van der Waals surface area contributed by atoms with E-state index in [0.29, 0.717) is 17.0 Å². The van der Waals surface area contributed by atoms with Crippen LogP contribution >= 0.6 is 0 Å². The number of carbonyl (C=O) groups is 1. The van der Waals surface area contributed by atoms with Gasteiger partial charge in [-0.05, 0) is 24.8 Å². The third-order valence-electron chi connectivity index (χ3n) is 3.89. The SMILES string of the molecule is Cc1nn(CC(=O)c2ccc(C(C)(C)C)cc2)c(C)c1[N+](=O)[O-]. The molecule has 0 saturated heterocycles. The molecule has 0 amide bonds. The van der Waals surface area contributed by atoms with Gasteiger partial charge in [0.15, 0.2) is 5.78 Å². The molecular formula is C17H21N3O3. The fraction of sp³-hybridized carbons (Fsp3) is 0.412. The first-order valence-corrected chi connectivity index (χ1v) is 7.43. The molecule has 1 aromatic carbocycles. The highest BCUT2D eigenvalue weighted by atomic mass is 16.6. The number of benzene rings is 1. The van der Waals surface area contributed by atoms with E-state index < -0.39 is 4.92 Å². The molecule has 2 rings (SSSR count). The lowest BCUT2D eigenvalue weighted by molar-refractivity contribution is -0.386. The third-order valence-corrected chi connectivity index (χ3v) is 3.89. The number of Topliss-reactive ketones (excluding diaryl/α,β-unsaturated/α-hetero) is 1. The van der Waals surface area contributed by atoms with Gasteiger partial charge in [0.1, 0.15) is 17.9 Å². The third kappa shape index (κ3) is 3.47. The van der Waals surface area contributed by atoms with Gasteiger partial charge in [-0.2, -0.15) is 5.10 Å². The second kappa shape index (κ2) is 5.95. The summed E-state index contributed by atoms with van der Waals surface area (Å²) in [5.74, 6) is -0.119. The number of nitrogens with zero attached hydrogens (tertiary/aromatic N) is 3. The molecule has 0 aliphatic carbocycles. The summed E-state index contributed by atoms with van der Waals surface area (Å²) in [5, 5.41) is 15.1. The molecule has 6 nitrogen and oxygen atoms in total. The highest BCUT2D eigenvalue weighted by molar-refractivity contribution is 5.96. The Kier molecular flexibility index (Phi) is 4.36. The van der Waals surface area contributed by atoms with E-state index in [0.717, 1.165) is 5.56 Å². The number of aryl methyl sites for hydroxylation is 1. The number of ketones is 1. The molecule has 6 heteroatoms. The molecule has 0 N–H and O–H groups in total. The largest absolute Gasteiger partial charge is 0.312 e. The molecule has 0 aliphatic heterocycles. The molecule has 0 spiro atoms. The summed E-state index contributed by atoms with van der Waals surface area (Å²) in [6.45, 7) is 9.50. The van der Waals surface area contributed by atoms with Crippen LogP contribution in [0.2, 0.25) is 0 Å². The second-order valence-corrected chi connectivity index (χ2v) is 6.68. The predicted octanol–water partition coefficient (Wildman–Crippen LogP) is 3.59. The second-order valence-electron chi connectivity index (χ2n) is 6.68. The maximum atomic E-state index is 12.4. The Morgan fingerprint density at radius 2 is 1.78 bits per heavy atom. The normalized spacial score (nSPS) is 11.5. The molecule has 1 aromatic heterocycles. The molecule has 23 heavy (non-hydrogen) atoms. The summed E-state index contributed by atoms with van der Waals surface area (Å²) < 4.78 is 1.40. The minimum Gasteiger partial charge on any atom is -0.292 e. The Labute approximate surface area is 135 Å². The zero-order chi connectivity index (χ0) is 17.4. The van der Waals surface area contributed by atoms with Crippen molar-refractivity contribution < 1.29 is 9.72 Å². The minimum absolute atomic E-state index is 0.00459. The first-order chi connectivity index (χ1) is 10.6. The van der Waals surface area contributed by atoms with Crippen LogP contribution in [-0.2, 0) is 12.0 Å². The van der Waals surface area contributed by atoms with Gasteiger partial charge in [-0.3, -0.25) is 19.6 Å². The lowest BCUT2D eigenvalue weighted by atomic mass is 9.86. The van der Waals surface area contributed by atoms with Crippen LogP contribution in [0.3, 0.4) is 0 Å². The number of hydrogen-bond acceptors (Lipinski definition) is 4. The zero-order valence-corrected chi connectivity index (χ0v) is 14.1. The first-order valence-electron chi connectivity index (χ1n) is 7.43. The quantitative estimate of drug-likeness (QED) is 0.491.